The van der Waals surface area contributed by atoms with Crippen molar-refractivity contribution in [2.75, 3.05) is 18.4 Å². The van der Waals surface area contributed by atoms with E-state index in [9.17, 15) is 9.59 Å². The first-order valence-corrected chi connectivity index (χ1v) is 6.81. The number of anilines is 1. The van der Waals surface area contributed by atoms with Gasteiger partial charge >= 0.3 is 0 Å². The SMILES string of the molecule is C=CCN(CC=C)C(=O)/C(C#N)=C\Nc1ccc(C(N)=O)cc1. The second-order valence-corrected chi connectivity index (χ2v) is 4.54. The van der Waals surface area contributed by atoms with Crippen molar-refractivity contribution in [2.24, 2.45) is 5.73 Å². The monoisotopic (exact) mass is 310 g/mol. The van der Waals surface area contributed by atoms with Gasteiger partial charge in [0.25, 0.3) is 5.91 Å². The summed E-state index contributed by atoms with van der Waals surface area (Å²) in [4.78, 5) is 24.7. The number of hydrogen-bond donors (Lipinski definition) is 2. The molecule has 0 bridgehead atoms. The highest BCUT2D eigenvalue weighted by Crippen LogP contribution is 2.10. The highest BCUT2D eigenvalue weighted by Gasteiger charge is 2.15. The highest BCUT2D eigenvalue weighted by molar-refractivity contribution is 5.97. The number of benzene rings is 1. The lowest BCUT2D eigenvalue weighted by atomic mass is 10.2. The minimum absolute atomic E-state index is 0.0484. The summed E-state index contributed by atoms with van der Waals surface area (Å²) in [5.41, 5.74) is 6.10. The maximum Gasteiger partial charge on any atom is 0.266 e. The molecule has 1 rings (SSSR count). The molecule has 0 aliphatic rings. The van der Waals surface area contributed by atoms with Crippen LogP contribution in [0.2, 0.25) is 0 Å². The Morgan fingerprint density at radius 1 is 1.22 bits per heavy atom. The Bertz CT molecular complexity index is 659. The van der Waals surface area contributed by atoms with Gasteiger partial charge in [0.15, 0.2) is 0 Å². The average molecular weight is 310 g/mol. The van der Waals surface area contributed by atoms with Crippen molar-refractivity contribution < 1.29 is 9.59 Å². The van der Waals surface area contributed by atoms with Gasteiger partial charge in [0, 0.05) is 30.5 Å². The maximum atomic E-state index is 12.3. The van der Waals surface area contributed by atoms with Gasteiger partial charge in [-0.15, -0.1) is 13.2 Å². The maximum absolute atomic E-state index is 12.3. The molecule has 0 saturated carbocycles. The fourth-order valence-electron chi connectivity index (χ4n) is 1.75. The zero-order chi connectivity index (χ0) is 17.2. The number of nitrogens with two attached hydrogens (primary N) is 1. The number of nitrogens with zero attached hydrogens (tertiary/aromatic N) is 2. The third-order valence-electron chi connectivity index (χ3n) is 2.89. The van der Waals surface area contributed by atoms with Crippen LogP contribution < -0.4 is 11.1 Å². The molecule has 118 valence electrons. The second kappa shape index (κ2) is 8.85. The van der Waals surface area contributed by atoms with E-state index in [1.54, 1.807) is 36.4 Å². The summed E-state index contributed by atoms with van der Waals surface area (Å²) in [6.45, 7) is 7.80. The van der Waals surface area contributed by atoms with E-state index in [1.165, 1.54) is 11.1 Å². The highest BCUT2D eigenvalue weighted by atomic mass is 16.2. The van der Waals surface area contributed by atoms with Crippen LogP contribution in [0.1, 0.15) is 10.4 Å². The number of carbonyl (C=O) groups excluding carboxylic acids is 2. The molecule has 2 amide bonds. The summed E-state index contributed by atoms with van der Waals surface area (Å²) >= 11 is 0. The minimum Gasteiger partial charge on any atom is -0.366 e. The second-order valence-electron chi connectivity index (χ2n) is 4.54. The van der Waals surface area contributed by atoms with Gasteiger partial charge in [-0.1, -0.05) is 12.2 Å². The summed E-state index contributed by atoms with van der Waals surface area (Å²) in [5.74, 6) is -0.946. The summed E-state index contributed by atoms with van der Waals surface area (Å²) in [6, 6.07) is 8.22. The smallest absolute Gasteiger partial charge is 0.266 e. The van der Waals surface area contributed by atoms with Crippen molar-refractivity contribution in [2.45, 2.75) is 0 Å². The standard InChI is InChI=1S/C17H18N4O2/c1-3-9-21(10-4-2)17(23)14(11-18)12-20-15-7-5-13(6-8-15)16(19)22/h3-8,12,20H,1-2,9-10H2,(H2,19,22)/b14-12-. The zero-order valence-corrected chi connectivity index (χ0v) is 12.7. The van der Waals surface area contributed by atoms with E-state index in [0.717, 1.165) is 0 Å². The van der Waals surface area contributed by atoms with Crippen molar-refractivity contribution in [1.82, 2.24) is 4.90 Å². The van der Waals surface area contributed by atoms with Crippen LogP contribution in [0.3, 0.4) is 0 Å². The molecule has 6 nitrogen and oxygen atoms in total. The Hall–Kier alpha value is -3.33. The fraction of sp³-hybridized carbons (Fsp3) is 0.118. The van der Waals surface area contributed by atoms with E-state index < -0.39 is 11.8 Å². The third kappa shape index (κ3) is 5.17. The van der Waals surface area contributed by atoms with Gasteiger partial charge in [0.2, 0.25) is 5.91 Å². The minimum atomic E-state index is -0.524. The quantitative estimate of drug-likeness (QED) is 0.434. The molecule has 1 aromatic carbocycles. The van der Waals surface area contributed by atoms with Crippen LogP contribution in [0.25, 0.3) is 0 Å². The molecule has 0 unspecified atom stereocenters. The van der Waals surface area contributed by atoms with Crippen molar-refractivity contribution in [3.05, 3.63) is 66.9 Å². The Labute approximate surface area is 135 Å². The van der Waals surface area contributed by atoms with Crippen LogP contribution in [-0.2, 0) is 4.79 Å². The fourth-order valence-corrected chi connectivity index (χ4v) is 1.75. The molecule has 0 fully saturated rings. The summed E-state index contributed by atoms with van der Waals surface area (Å²) in [5, 5.41) is 12.0. The molecule has 23 heavy (non-hydrogen) atoms. The lowest BCUT2D eigenvalue weighted by molar-refractivity contribution is -0.125. The molecule has 0 radical (unpaired) electrons. The van der Waals surface area contributed by atoms with Gasteiger partial charge in [-0.2, -0.15) is 5.26 Å². The van der Waals surface area contributed by atoms with E-state index in [2.05, 4.69) is 18.5 Å². The van der Waals surface area contributed by atoms with Gasteiger partial charge in [-0.25, -0.2) is 0 Å². The Morgan fingerprint density at radius 2 is 1.78 bits per heavy atom. The van der Waals surface area contributed by atoms with E-state index in [1.807, 2.05) is 6.07 Å². The van der Waals surface area contributed by atoms with Gasteiger partial charge in [0.1, 0.15) is 11.6 Å². The number of amides is 2. The molecule has 0 saturated heterocycles. The summed E-state index contributed by atoms with van der Waals surface area (Å²) < 4.78 is 0. The largest absolute Gasteiger partial charge is 0.366 e. The van der Waals surface area contributed by atoms with Gasteiger partial charge < -0.3 is 16.0 Å². The predicted molar refractivity (Wildman–Crippen MR) is 89.3 cm³/mol. The number of nitriles is 1. The van der Waals surface area contributed by atoms with Crippen molar-refractivity contribution in [3.8, 4) is 6.07 Å². The average Bonchev–Trinajstić information content (AvgIpc) is 2.55. The molecular weight excluding hydrogens is 292 g/mol. The molecule has 6 heteroatoms. The van der Waals surface area contributed by atoms with Gasteiger partial charge in [-0.05, 0) is 24.3 Å². The van der Waals surface area contributed by atoms with Crippen molar-refractivity contribution in [3.63, 3.8) is 0 Å². The Balaban J connectivity index is 2.87. The van der Waals surface area contributed by atoms with Crippen molar-refractivity contribution in [1.29, 1.82) is 5.26 Å². The van der Waals surface area contributed by atoms with E-state index in [-0.39, 0.29) is 5.57 Å². The molecule has 0 heterocycles. The first kappa shape index (κ1) is 17.7. The lowest BCUT2D eigenvalue weighted by Gasteiger charge is -2.18. The van der Waals surface area contributed by atoms with Crippen LogP contribution in [0.4, 0.5) is 5.69 Å². The van der Waals surface area contributed by atoms with Gasteiger partial charge in [-0.3, -0.25) is 9.59 Å². The molecule has 0 aromatic heterocycles. The lowest BCUT2D eigenvalue weighted by Crippen LogP contribution is -2.32. The normalized spacial score (nSPS) is 10.3. The van der Waals surface area contributed by atoms with Crippen LogP contribution in [0, 0.1) is 11.3 Å². The number of hydrogen-bond acceptors (Lipinski definition) is 4. The van der Waals surface area contributed by atoms with E-state index in [4.69, 9.17) is 11.0 Å². The molecule has 0 spiro atoms. The molecule has 3 N–H and O–H groups in total. The van der Waals surface area contributed by atoms with Crippen molar-refractivity contribution >= 4 is 17.5 Å². The topological polar surface area (TPSA) is 99.2 Å². The van der Waals surface area contributed by atoms with E-state index >= 15 is 0 Å². The number of primary amides is 1. The third-order valence-corrected chi connectivity index (χ3v) is 2.89. The number of nitrogens with one attached hydrogen (secondary N) is 1. The van der Waals surface area contributed by atoms with Crippen LogP contribution >= 0.6 is 0 Å². The first-order valence-electron chi connectivity index (χ1n) is 6.81. The van der Waals surface area contributed by atoms with Gasteiger partial charge in [0.05, 0.1) is 0 Å². The number of carbonyl (C=O) groups is 2. The molecule has 0 aliphatic carbocycles. The Morgan fingerprint density at radius 3 is 2.22 bits per heavy atom. The molecule has 0 aliphatic heterocycles. The van der Waals surface area contributed by atoms with Crippen LogP contribution in [0.5, 0.6) is 0 Å². The summed E-state index contributed by atoms with van der Waals surface area (Å²) in [7, 11) is 0. The summed E-state index contributed by atoms with van der Waals surface area (Å²) in [6.07, 6.45) is 4.47. The number of rotatable bonds is 8. The Kier molecular flexibility index (Phi) is 6.82. The first-order chi connectivity index (χ1) is 11.0. The van der Waals surface area contributed by atoms with Crippen LogP contribution in [0.15, 0.2) is 61.3 Å². The zero-order valence-electron chi connectivity index (χ0n) is 12.7. The van der Waals surface area contributed by atoms with E-state index in [0.29, 0.717) is 24.3 Å². The molecule has 0 atom stereocenters. The predicted octanol–water partition coefficient (Wildman–Crippen LogP) is 1.81. The molecule has 1 aromatic rings. The molecular formula is C17H18N4O2. The van der Waals surface area contributed by atoms with Crippen LogP contribution in [-0.4, -0.2) is 29.8 Å².